The molecule has 2 aromatic carbocycles. The van der Waals surface area contributed by atoms with Gasteiger partial charge in [0.15, 0.2) is 0 Å². The van der Waals surface area contributed by atoms with Gasteiger partial charge in [0.2, 0.25) is 0 Å². The summed E-state index contributed by atoms with van der Waals surface area (Å²) in [6, 6.07) is 21.0. The minimum Gasteiger partial charge on any atom is -0.369 e. The lowest BCUT2D eigenvalue weighted by molar-refractivity contribution is -0.0350. The molecule has 1 fully saturated rings. The van der Waals surface area contributed by atoms with E-state index in [0.29, 0.717) is 6.61 Å². The van der Waals surface area contributed by atoms with Crippen LogP contribution in [0.2, 0.25) is 0 Å². The maximum Gasteiger partial charge on any atom is 0.328 e. The first-order valence-corrected chi connectivity index (χ1v) is 11.0. The molecule has 0 spiro atoms. The first kappa shape index (κ1) is 20.7. The topological polar surface area (TPSA) is 52.3 Å². The number of pyridine rings is 1. The van der Waals surface area contributed by atoms with Crippen molar-refractivity contribution in [2.75, 3.05) is 19.7 Å². The van der Waals surface area contributed by atoms with Gasteiger partial charge in [-0.05, 0) is 47.9 Å². The fourth-order valence-corrected chi connectivity index (χ4v) is 4.59. The number of imidazole rings is 1. The van der Waals surface area contributed by atoms with Crippen molar-refractivity contribution in [1.29, 1.82) is 0 Å². The Morgan fingerprint density at radius 2 is 1.75 bits per heavy atom. The number of aryl methyl sites for hydroxylation is 3. The molecule has 1 unspecified atom stereocenters. The number of nitrogens with zero attached hydrogens (tertiary/aromatic N) is 4. The second kappa shape index (κ2) is 8.37. The Balaban J connectivity index is 1.37. The van der Waals surface area contributed by atoms with Gasteiger partial charge in [0.1, 0.15) is 6.10 Å². The third-order valence-electron chi connectivity index (χ3n) is 6.30. The fraction of sp³-hybridized carbons (Fsp3) is 0.308. The number of benzene rings is 2. The van der Waals surface area contributed by atoms with E-state index in [0.717, 1.165) is 42.1 Å². The highest BCUT2D eigenvalue weighted by atomic mass is 16.5. The van der Waals surface area contributed by atoms with Gasteiger partial charge >= 0.3 is 5.69 Å². The summed E-state index contributed by atoms with van der Waals surface area (Å²) in [6.07, 6.45) is -0.0593. The Bertz CT molecular complexity index is 1320. The van der Waals surface area contributed by atoms with Crippen molar-refractivity contribution in [2.24, 2.45) is 14.1 Å². The summed E-state index contributed by atoms with van der Waals surface area (Å²) in [6.45, 7) is 5.19. The largest absolute Gasteiger partial charge is 0.369 e. The smallest absolute Gasteiger partial charge is 0.328 e. The molecule has 1 saturated heterocycles. The predicted molar refractivity (Wildman–Crippen MR) is 127 cm³/mol. The highest BCUT2D eigenvalue weighted by Gasteiger charge is 2.24. The van der Waals surface area contributed by atoms with Crippen LogP contribution >= 0.6 is 0 Å². The molecular formula is C26H28N4O2. The zero-order chi connectivity index (χ0) is 22.2. The highest BCUT2D eigenvalue weighted by Crippen LogP contribution is 2.27. The van der Waals surface area contributed by atoms with E-state index in [-0.39, 0.29) is 11.8 Å². The summed E-state index contributed by atoms with van der Waals surface area (Å²) in [7, 11) is 3.64. The number of aromatic nitrogens is 3. The quantitative estimate of drug-likeness (QED) is 0.496. The lowest BCUT2D eigenvalue weighted by Crippen LogP contribution is -2.38. The van der Waals surface area contributed by atoms with Crippen LogP contribution in [0.15, 0.2) is 65.5 Å². The molecule has 164 valence electrons. The third-order valence-corrected chi connectivity index (χ3v) is 6.30. The monoisotopic (exact) mass is 428 g/mol. The van der Waals surface area contributed by atoms with E-state index in [1.807, 2.05) is 33.2 Å². The van der Waals surface area contributed by atoms with Crippen molar-refractivity contribution in [3.63, 3.8) is 0 Å². The maximum absolute atomic E-state index is 12.2. The van der Waals surface area contributed by atoms with Crippen LogP contribution in [0.5, 0.6) is 0 Å². The van der Waals surface area contributed by atoms with E-state index in [1.54, 1.807) is 9.13 Å². The summed E-state index contributed by atoms with van der Waals surface area (Å²) in [4.78, 5) is 19.4. The van der Waals surface area contributed by atoms with Gasteiger partial charge in [-0.1, -0.05) is 36.4 Å². The number of morpholine rings is 1. The molecule has 0 radical (unpaired) electrons. The minimum absolute atomic E-state index is 0.00308. The molecule has 1 aliphatic heterocycles. The molecule has 6 nitrogen and oxygen atoms in total. The summed E-state index contributed by atoms with van der Waals surface area (Å²) >= 11 is 0. The SMILES string of the molecule is Cc1cc(-c2ccccc2)cc(C2CN(Cc3ccc4c(c3)n(C)c(=O)n4C)CCO2)n1. The Kier molecular flexibility index (Phi) is 5.41. The van der Waals surface area contributed by atoms with Crippen molar-refractivity contribution in [2.45, 2.75) is 19.6 Å². The van der Waals surface area contributed by atoms with Crippen molar-refractivity contribution >= 4 is 11.0 Å². The number of fused-ring (bicyclic) bond motifs is 1. The Hall–Kier alpha value is -3.22. The maximum atomic E-state index is 12.2. The van der Waals surface area contributed by atoms with Crippen molar-refractivity contribution in [3.05, 3.63) is 88.1 Å². The van der Waals surface area contributed by atoms with Gasteiger partial charge in [0.25, 0.3) is 0 Å². The summed E-state index contributed by atoms with van der Waals surface area (Å²) in [5, 5.41) is 0. The van der Waals surface area contributed by atoms with E-state index in [2.05, 4.69) is 53.4 Å². The van der Waals surface area contributed by atoms with Crippen LogP contribution in [-0.4, -0.2) is 38.7 Å². The van der Waals surface area contributed by atoms with E-state index in [4.69, 9.17) is 9.72 Å². The zero-order valence-corrected chi connectivity index (χ0v) is 18.8. The molecule has 0 N–H and O–H groups in total. The Labute approximate surface area is 187 Å². The number of hydrogen-bond acceptors (Lipinski definition) is 4. The van der Waals surface area contributed by atoms with E-state index in [1.165, 1.54) is 16.7 Å². The molecule has 0 aliphatic carbocycles. The summed E-state index contributed by atoms with van der Waals surface area (Å²) in [5.74, 6) is 0. The molecule has 3 heterocycles. The van der Waals surface area contributed by atoms with Gasteiger partial charge in [-0.25, -0.2) is 4.79 Å². The number of hydrogen-bond donors (Lipinski definition) is 0. The van der Waals surface area contributed by atoms with E-state index < -0.39 is 0 Å². The molecule has 1 aliphatic rings. The molecule has 4 aromatic rings. The average molecular weight is 429 g/mol. The van der Waals surface area contributed by atoms with Crippen molar-refractivity contribution < 1.29 is 4.74 Å². The molecule has 0 amide bonds. The molecule has 5 rings (SSSR count). The first-order valence-electron chi connectivity index (χ1n) is 11.0. The van der Waals surface area contributed by atoms with Crippen LogP contribution in [0.1, 0.15) is 23.1 Å². The molecule has 0 bridgehead atoms. The molecule has 2 aromatic heterocycles. The van der Waals surface area contributed by atoms with E-state index >= 15 is 0 Å². The van der Waals surface area contributed by atoms with Crippen LogP contribution in [0.25, 0.3) is 22.2 Å². The van der Waals surface area contributed by atoms with Gasteiger partial charge in [-0.3, -0.25) is 19.0 Å². The fourth-order valence-electron chi connectivity index (χ4n) is 4.59. The van der Waals surface area contributed by atoms with Crippen molar-refractivity contribution in [3.8, 4) is 11.1 Å². The predicted octanol–water partition coefficient (Wildman–Crippen LogP) is 3.82. The minimum atomic E-state index is -0.0593. The third kappa shape index (κ3) is 3.87. The molecular weight excluding hydrogens is 400 g/mol. The van der Waals surface area contributed by atoms with Crippen LogP contribution in [0, 0.1) is 6.92 Å². The lowest BCUT2D eigenvalue weighted by atomic mass is 10.0. The Morgan fingerprint density at radius 1 is 0.969 bits per heavy atom. The second-order valence-corrected chi connectivity index (χ2v) is 8.61. The number of ether oxygens (including phenoxy) is 1. The Morgan fingerprint density at radius 3 is 2.56 bits per heavy atom. The summed E-state index contributed by atoms with van der Waals surface area (Å²) in [5.41, 5.74) is 7.46. The lowest BCUT2D eigenvalue weighted by Gasteiger charge is -2.33. The second-order valence-electron chi connectivity index (χ2n) is 8.61. The van der Waals surface area contributed by atoms with Crippen LogP contribution < -0.4 is 5.69 Å². The van der Waals surface area contributed by atoms with Crippen LogP contribution in [0.4, 0.5) is 0 Å². The number of rotatable bonds is 4. The molecule has 1 atom stereocenters. The normalized spacial score (nSPS) is 17.2. The van der Waals surface area contributed by atoms with Gasteiger partial charge in [-0.15, -0.1) is 0 Å². The average Bonchev–Trinajstić information content (AvgIpc) is 3.03. The molecule has 6 heteroatoms. The van der Waals surface area contributed by atoms with Crippen LogP contribution in [-0.2, 0) is 25.4 Å². The van der Waals surface area contributed by atoms with Gasteiger partial charge in [-0.2, -0.15) is 0 Å². The highest BCUT2D eigenvalue weighted by molar-refractivity contribution is 5.76. The summed E-state index contributed by atoms with van der Waals surface area (Å²) < 4.78 is 9.54. The molecule has 0 saturated carbocycles. The first-order chi connectivity index (χ1) is 15.5. The van der Waals surface area contributed by atoms with E-state index in [9.17, 15) is 4.79 Å². The molecule has 32 heavy (non-hydrogen) atoms. The zero-order valence-electron chi connectivity index (χ0n) is 18.8. The van der Waals surface area contributed by atoms with Crippen LogP contribution in [0.3, 0.4) is 0 Å². The van der Waals surface area contributed by atoms with Gasteiger partial charge < -0.3 is 4.74 Å². The van der Waals surface area contributed by atoms with Gasteiger partial charge in [0.05, 0.1) is 23.3 Å². The van der Waals surface area contributed by atoms with Gasteiger partial charge in [0, 0.05) is 39.4 Å². The van der Waals surface area contributed by atoms with Crippen molar-refractivity contribution in [1.82, 2.24) is 19.0 Å². The standard InChI is InChI=1S/C26H28N4O2/c1-18-13-21(20-7-5-4-6-8-20)15-22(27-18)25-17-30(11-12-32-25)16-19-9-10-23-24(14-19)29(3)26(31)28(23)2/h4-10,13-15,25H,11-12,16-17H2,1-3H3.